The van der Waals surface area contributed by atoms with E-state index in [9.17, 15) is 4.79 Å². The van der Waals surface area contributed by atoms with Gasteiger partial charge in [-0.25, -0.2) is 0 Å². The average Bonchev–Trinajstić information content (AvgIpc) is 2.84. The highest BCUT2D eigenvalue weighted by molar-refractivity contribution is 7.17. The van der Waals surface area contributed by atoms with Crippen molar-refractivity contribution in [2.45, 2.75) is 13.3 Å². The van der Waals surface area contributed by atoms with Crippen molar-refractivity contribution in [3.05, 3.63) is 51.4 Å². The zero-order valence-corrected chi connectivity index (χ0v) is 15.5. The predicted octanol–water partition coefficient (Wildman–Crippen LogP) is 5.40. The third-order valence-electron chi connectivity index (χ3n) is 3.55. The minimum absolute atomic E-state index is 0. The molecule has 1 aliphatic rings. The van der Waals surface area contributed by atoms with E-state index in [1.54, 1.807) is 16.2 Å². The number of anilines is 1. The summed E-state index contributed by atoms with van der Waals surface area (Å²) in [4.78, 5) is 19.2. The third kappa shape index (κ3) is 3.56. The quantitative estimate of drug-likeness (QED) is 0.500. The van der Waals surface area contributed by atoms with E-state index in [-0.39, 0.29) is 12.4 Å². The molecule has 0 N–H and O–H groups in total. The number of aliphatic imine (C=N–C) groups is 1. The van der Waals surface area contributed by atoms with Gasteiger partial charge in [-0.3, -0.25) is 14.7 Å². The molecule has 0 saturated carbocycles. The number of hydrogen-bond donors (Lipinski definition) is 0. The number of nitrogens with zero attached hydrogens (tertiary/aromatic N) is 2. The van der Waals surface area contributed by atoms with Gasteiger partial charge < -0.3 is 0 Å². The number of carbonyl (C=O) groups excluding carboxylic acids is 1. The van der Waals surface area contributed by atoms with Gasteiger partial charge in [0.15, 0.2) is 0 Å². The molecular formula is C16H15Cl3N2OS. The summed E-state index contributed by atoms with van der Waals surface area (Å²) in [5.74, 6) is 0. The van der Waals surface area contributed by atoms with Gasteiger partial charge in [0, 0.05) is 27.6 Å². The fraction of sp³-hybridized carbons (Fsp3) is 0.250. The van der Waals surface area contributed by atoms with E-state index in [0.29, 0.717) is 18.1 Å². The first-order chi connectivity index (χ1) is 10.6. The van der Waals surface area contributed by atoms with Crippen LogP contribution in [0.1, 0.15) is 22.9 Å². The molecule has 0 fully saturated rings. The lowest BCUT2D eigenvalue weighted by molar-refractivity contribution is 0.264. The standard InChI is InChI=1S/C16H14Cl2N2OS.ClH/c1-2-10-9-12-14(11-5-3-4-6-13(11)17)19-7-8-20(16(18)21)15(12)22-10;/h3-6,9H,2,7-8H2,1H3;1H. The number of fused-ring (bicyclic) bond motifs is 1. The Morgan fingerprint density at radius 3 is 2.74 bits per heavy atom. The highest BCUT2D eigenvalue weighted by Crippen LogP contribution is 2.37. The first kappa shape index (κ1) is 18.3. The summed E-state index contributed by atoms with van der Waals surface area (Å²) in [6.07, 6.45) is 0.901. The van der Waals surface area contributed by atoms with Crippen molar-refractivity contribution in [2.24, 2.45) is 4.99 Å². The van der Waals surface area contributed by atoms with Gasteiger partial charge in [0.1, 0.15) is 5.00 Å². The minimum atomic E-state index is -0.471. The smallest absolute Gasteiger partial charge is 0.288 e. The normalized spacial score (nSPS) is 13.7. The van der Waals surface area contributed by atoms with Crippen LogP contribution in [0.25, 0.3) is 0 Å². The maximum atomic E-state index is 11.7. The lowest BCUT2D eigenvalue weighted by Crippen LogP contribution is -2.27. The highest BCUT2D eigenvalue weighted by Gasteiger charge is 2.26. The highest BCUT2D eigenvalue weighted by atomic mass is 35.5. The molecule has 1 amide bonds. The van der Waals surface area contributed by atoms with Crippen LogP contribution in [-0.2, 0) is 6.42 Å². The van der Waals surface area contributed by atoms with Crippen LogP contribution in [-0.4, -0.2) is 24.2 Å². The molecule has 23 heavy (non-hydrogen) atoms. The molecule has 1 aromatic heterocycles. The Balaban J connectivity index is 0.00000192. The van der Waals surface area contributed by atoms with Gasteiger partial charge in [-0.2, -0.15) is 0 Å². The summed E-state index contributed by atoms with van der Waals surface area (Å²) in [5.41, 5.74) is 2.65. The van der Waals surface area contributed by atoms with Crippen molar-refractivity contribution >= 4 is 63.0 Å². The van der Waals surface area contributed by atoms with Crippen LogP contribution < -0.4 is 4.90 Å². The minimum Gasteiger partial charge on any atom is -0.288 e. The van der Waals surface area contributed by atoms with E-state index in [4.69, 9.17) is 23.2 Å². The van der Waals surface area contributed by atoms with Gasteiger partial charge in [0.25, 0.3) is 0 Å². The van der Waals surface area contributed by atoms with Crippen LogP contribution in [0.2, 0.25) is 5.02 Å². The van der Waals surface area contributed by atoms with E-state index in [1.165, 1.54) is 4.88 Å². The van der Waals surface area contributed by atoms with E-state index in [0.717, 1.165) is 28.3 Å². The molecule has 0 radical (unpaired) electrons. The zero-order chi connectivity index (χ0) is 15.7. The molecule has 1 aromatic carbocycles. The predicted molar refractivity (Wildman–Crippen MR) is 101 cm³/mol. The van der Waals surface area contributed by atoms with Gasteiger partial charge in [0.05, 0.1) is 12.3 Å². The number of rotatable bonds is 2. The molecule has 2 aromatic rings. The summed E-state index contributed by atoms with van der Waals surface area (Å²) < 4.78 is 0. The van der Waals surface area contributed by atoms with Crippen LogP contribution in [0.3, 0.4) is 0 Å². The Kier molecular flexibility index (Phi) is 6.09. The molecule has 7 heteroatoms. The number of amides is 1. The van der Waals surface area contributed by atoms with Crippen molar-refractivity contribution in [3.63, 3.8) is 0 Å². The lowest BCUT2D eigenvalue weighted by Gasteiger charge is -2.16. The van der Waals surface area contributed by atoms with Crippen molar-refractivity contribution in [1.29, 1.82) is 0 Å². The van der Waals surface area contributed by atoms with Crippen molar-refractivity contribution < 1.29 is 4.79 Å². The van der Waals surface area contributed by atoms with Crippen LogP contribution in [0.5, 0.6) is 0 Å². The Labute approximate surface area is 155 Å². The summed E-state index contributed by atoms with van der Waals surface area (Å²) in [6, 6.07) is 9.71. The second-order valence-corrected chi connectivity index (χ2v) is 6.75. The van der Waals surface area contributed by atoms with Crippen LogP contribution in [0, 0.1) is 0 Å². The Hall–Kier alpha value is -1.07. The largest absolute Gasteiger partial charge is 0.321 e. The van der Waals surface area contributed by atoms with Gasteiger partial charge in [-0.05, 0) is 30.2 Å². The molecule has 1 aliphatic heterocycles. The van der Waals surface area contributed by atoms with Crippen LogP contribution in [0.4, 0.5) is 9.80 Å². The van der Waals surface area contributed by atoms with Gasteiger partial charge >= 0.3 is 5.37 Å². The number of halogens is 3. The second kappa shape index (κ2) is 7.67. The van der Waals surface area contributed by atoms with Crippen molar-refractivity contribution in [1.82, 2.24) is 0 Å². The van der Waals surface area contributed by atoms with E-state index >= 15 is 0 Å². The maximum Gasteiger partial charge on any atom is 0.321 e. The van der Waals surface area contributed by atoms with Gasteiger partial charge in [0.2, 0.25) is 0 Å². The monoisotopic (exact) mass is 388 g/mol. The topological polar surface area (TPSA) is 32.7 Å². The average molecular weight is 390 g/mol. The lowest BCUT2D eigenvalue weighted by atomic mass is 10.0. The van der Waals surface area contributed by atoms with E-state index < -0.39 is 5.37 Å². The summed E-state index contributed by atoms with van der Waals surface area (Å²) in [6.45, 7) is 3.07. The molecule has 0 aliphatic carbocycles. The van der Waals surface area contributed by atoms with Crippen molar-refractivity contribution in [3.8, 4) is 0 Å². The zero-order valence-electron chi connectivity index (χ0n) is 12.4. The fourth-order valence-electron chi connectivity index (χ4n) is 2.48. The molecule has 122 valence electrons. The SMILES string of the molecule is CCc1cc2c(s1)N(C(=O)Cl)CCN=C2c1ccccc1Cl.Cl. The summed E-state index contributed by atoms with van der Waals surface area (Å²) >= 11 is 13.7. The summed E-state index contributed by atoms with van der Waals surface area (Å²) in [7, 11) is 0. The third-order valence-corrected chi connectivity index (χ3v) is 5.38. The molecule has 3 nitrogen and oxygen atoms in total. The number of benzene rings is 1. The Bertz CT molecular complexity index is 758. The molecule has 0 unspecified atom stereocenters. The second-order valence-electron chi connectivity index (χ2n) is 4.90. The maximum absolute atomic E-state index is 11.7. The number of carbonyl (C=O) groups is 1. The molecule has 3 rings (SSSR count). The Morgan fingerprint density at radius 1 is 1.35 bits per heavy atom. The molecule has 0 saturated heterocycles. The van der Waals surface area contributed by atoms with Crippen LogP contribution >= 0.6 is 46.9 Å². The molecule has 0 atom stereocenters. The summed E-state index contributed by atoms with van der Waals surface area (Å²) in [5, 5.41) is 1.04. The van der Waals surface area contributed by atoms with E-state index in [2.05, 4.69) is 18.0 Å². The first-order valence-corrected chi connectivity index (χ1v) is 8.58. The fourth-order valence-corrected chi connectivity index (χ4v) is 4.04. The number of thiophene rings is 1. The van der Waals surface area contributed by atoms with Gasteiger partial charge in [-0.1, -0.05) is 36.7 Å². The van der Waals surface area contributed by atoms with E-state index in [1.807, 2.05) is 24.3 Å². The van der Waals surface area contributed by atoms with Crippen molar-refractivity contribution in [2.75, 3.05) is 18.0 Å². The molecule has 0 spiro atoms. The molecule has 2 heterocycles. The molecule has 0 bridgehead atoms. The van der Waals surface area contributed by atoms with Gasteiger partial charge in [-0.15, -0.1) is 23.7 Å². The number of hydrogen-bond acceptors (Lipinski definition) is 3. The Morgan fingerprint density at radius 2 is 2.09 bits per heavy atom. The van der Waals surface area contributed by atoms with Crippen LogP contribution in [0.15, 0.2) is 35.3 Å². The first-order valence-electron chi connectivity index (χ1n) is 7.01. The molecular weight excluding hydrogens is 375 g/mol. The number of aryl methyl sites for hydroxylation is 1.